The topological polar surface area (TPSA) is 49.3 Å². The van der Waals surface area contributed by atoms with E-state index in [-0.39, 0.29) is 24.0 Å². The second-order valence-corrected chi connectivity index (χ2v) is 7.03. The predicted molar refractivity (Wildman–Crippen MR) is 119 cm³/mol. The first-order valence-electron chi connectivity index (χ1n) is 8.65. The number of benzene rings is 1. The van der Waals surface area contributed by atoms with Crippen LogP contribution in [0.4, 0.5) is 0 Å². The van der Waals surface area contributed by atoms with Gasteiger partial charge in [0.15, 0.2) is 5.96 Å². The van der Waals surface area contributed by atoms with E-state index in [1.807, 2.05) is 0 Å². The molecule has 0 saturated heterocycles. The summed E-state index contributed by atoms with van der Waals surface area (Å²) in [4.78, 5) is 10.6. The number of aryl methyl sites for hydroxylation is 3. The molecule has 4 nitrogen and oxygen atoms in total. The lowest BCUT2D eigenvalue weighted by atomic mass is 10.1. The van der Waals surface area contributed by atoms with E-state index < -0.39 is 0 Å². The van der Waals surface area contributed by atoms with E-state index in [0.717, 1.165) is 37.6 Å². The molecule has 6 heteroatoms. The molecule has 0 unspecified atom stereocenters. The van der Waals surface area contributed by atoms with Crippen LogP contribution in [0.3, 0.4) is 0 Å². The summed E-state index contributed by atoms with van der Waals surface area (Å²) < 4.78 is 0. The molecule has 0 spiro atoms. The van der Waals surface area contributed by atoms with Gasteiger partial charge in [0.05, 0.1) is 17.2 Å². The maximum atomic E-state index is 4.72. The summed E-state index contributed by atoms with van der Waals surface area (Å²) in [6, 6.07) is 8.51. The highest BCUT2D eigenvalue weighted by atomic mass is 127. The first-order valence-corrected chi connectivity index (χ1v) is 9.47. The van der Waals surface area contributed by atoms with Crippen molar-refractivity contribution < 1.29 is 0 Å². The molecule has 1 aromatic heterocycles. The van der Waals surface area contributed by atoms with Gasteiger partial charge in [-0.15, -0.1) is 35.3 Å². The van der Waals surface area contributed by atoms with E-state index in [4.69, 9.17) is 4.99 Å². The van der Waals surface area contributed by atoms with E-state index in [1.165, 1.54) is 21.0 Å². The SMILES string of the molecule is CCNC(=NCc1ccccc1CC)NCCc1nc(C)c(C)s1.I. The first-order chi connectivity index (χ1) is 11.6. The van der Waals surface area contributed by atoms with Crippen LogP contribution >= 0.6 is 35.3 Å². The summed E-state index contributed by atoms with van der Waals surface area (Å²) in [7, 11) is 0. The number of guanidine groups is 1. The normalized spacial score (nSPS) is 11.1. The summed E-state index contributed by atoms with van der Waals surface area (Å²) in [6.45, 7) is 10.9. The summed E-state index contributed by atoms with van der Waals surface area (Å²) >= 11 is 1.78. The highest BCUT2D eigenvalue weighted by Gasteiger charge is 2.05. The summed E-state index contributed by atoms with van der Waals surface area (Å²) in [6.07, 6.45) is 1.97. The van der Waals surface area contributed by atoms with E-state index >= 15 is 0 Å². The fourth-order valence-corrected chi connectivity index (χ4v) is 3.43. The van der Waals surface area contributed by atoms with Crippen molar-refractivity contribution in [3.63, 3.8) is 0 Å². The van der Waals surface area contributed by atoms with E-state index in [0.29, 0.717) is 6.54 Å². The molecule has 2 rings (SSSR count). The molecule has 1 heterocycles. The minimum Gasteiger partial charge on any atom is -0.357 e. The molecule has 0 aliphatic rings. The maximum Gasteiger partial charge on any atom is 0.191 e. The minimum atomic E-state index is 0. The molecule has 0 bridgehead atoms. The summed E-state index contributed by atoms with van der Waals surface area (Å²) in [5.74, 6) is 0.869. The molecule has 2 N–H and O–H groups in total. The zero-order valence-corrected chi connectivity index (χ0v) is 18.7. The molecule has 0 saturated carbocycles. The standard InChI is InChI=1S/C19H28N4S.HI/c1-5-16-9-7-8-10-17(16)13-22-19(20-6-2)21-12-11-18-23-14(3)15(4)24-18;/h7-10H,5-6,11-13H2,1-4H3,(H2,20,21,22);1H. The van der Waals surface area contributed by atoms with Crippen LogP contribution in [0.1, 0.15) is 40.6 Å². The number of halogens is 1. The molecule has 138 valence electrons. The second-order valence-electron chi connectivity index (χ2n) is 5.74. The third kappa shape index (κ3) is 6.93. The maximum absolute atomic E-state index is 4.72. The molecule has 0 fully saturated rings. The first kappa shape index (κ1) is 21.9. The Morgan fingerprint density at radius 2 is 1.84 bits per heavy atom. The fraction of sp³-hybridized carbons (Fsp3) is 0.474. The van der Waals surface area contributed by atoms with E-state index in [1.54, 1.807) is 11.3 Å². The van der Waals surface area contributed by atoms with Gasteiger partial charge in [0.2, 0.25) is 0 Å². The smallest absolute Gasteiger partial charge is 0.191 e. The van der Waals surface area contributed by atoms with Crippen LogP contribution in [0.2, 0.25) is 0 Å². The molecular formula is C19H29IN4S. The van der Waals surface area contributed by atoms with Crippen LogP contribution in [0, 0.1) is 13.8 Å². The number of aromatic nitrogens is 1. The zero-order valence-electron chi connectivity index (χ0n) is 15.6. The van der Waals surface area contributed by atoms with Crippen LogP contribution in [-0.4, -0.2) is 24.0 Å². The molecule has 0 aliphatic heterocycles. The quantitative estimate of drug-likeness (QED) is 0.360. The summed E-state index contributed by atoms with van der Waals surface area (Å²) in [5, 5.41) is 7.91. The summed E-state index contributed by atoms with van der Waals surface area (Å²) in [5.41, 5.74) is 3.81. The van der Waals surface area contributed by atoms with Crippen molar-refractivity contribution in [2.45, 2.75) is 47.1 Å². The van der Waals surface area contributed by atoms with Crippen molar-refractivity contribution in [2.75, 3.05) is 13.1 Å². The van der Waals surface area contributed by atoms with Crippen molar-refractivity contribution in [3.05, 3.63) is 51.0 Å². The monoisotopic (exact) mass is 472 g/mol. The van der Waals surface area contributed by atoms with Gasteiger partial charge < -0.3 is 10.6 Å². The van der Waals surface area contributed by atoms with Gasteiger partial charge in [-0.3, -0.25) is 0 Å². The number of nitrogens with one attached hydrogen (secondary N) is 2. The lowest BCUT2D eigenvalue weighted by molar-refractivity contribution is 0.794. The van der Waals surface area contributed by atoms with E-state index in [2.05, 4.69) is 67.6 Å². The minimum absolute atomic E-state index is 0. The third-order valence-corrected chi connectivity index (χ3v) is 5.09. The lowest BCUT2D eigenvalue weighted by Crippen LogP contribution is -2.38. The number of hydrogen-bond donors (Lipinski definition) is 2. The molecule has 0 radical (unpaired) electrons. The van der Waals surface area contributed by atoms with Gasteiger partial charge in [-0.2, -0.15) is 0 Å². The van der Waals surface area contributed by atoms with Gasteiger partial charge in [0.1, 0.15) is 0 Å². The third-order valence-electron chi connectivity index (χ3n) is 3.96. The molecule has 1 aromatic carbocycles. The molecule has 0 atom stereocenters. The Kier molecular flexibility index (Phi) is 10.0. The highest BCUT2D eigenvalue weighted by molar-refractivity contribution is 14.0. The van der Waals surface area contributed by atoms with Crippen LogP contribution in [0.15, 0.2) is 29.3 Å². The molecule has 25 heavy (non-hydrogen) atoms. The van der Waals surface area contributed by atoms with Gasteiger partial charge in [-0.25, -0.2) is 9.98 Å². The second kappa shape index (κ2) is 11.5. The van der Waals surface area contributed by atoms with Crippen molar-refractivity contribution >= 4 is 41.3 Å². The van der Waals surface area contributed by atoms with Crippen LogP contribution in [0.25, 0.3) is 0 Å². The van der Waals surface area contributed by atoms with E-state index in [9.17, 15) is 0 Å². The van der Waals surface area contributed by atoms with Crippen molar-refractivity contribution in [2.24, 2.45) is 4.99 Å². The van der Waals surface area contributed by atoms with Gasteiger partial charge in [-0.1, -0.05) is 31.2 Å². The lowest BCUT2D eigenvalue weighted by Gasteiger charge is -2.11. The number of thiazole rings is 1. The van der Waals surface area contributed by atoms with Crippen molar-refractivity contribution in [3.8, 4) is 0 Å². The van der Waals surface area contributed by atoms with Crippen LogP contribution in [-0.2, 0) is 19.4 Å². The number of rotatable bonds is 7. The Bertz CT molecular complexity index is 662. The van der Waals surface area contributed by atoms with Crippen LogP contribution in [0.5, 0.6) is 0 Å². The van der Waals surface area contributed by atoms with Gasteiger partial charge in [-0.05, 0) is 38.3 Å². The molecule has 0 aliphatic carbocycles. The Balaban J connectivity index is 0.00000312. The molecular weight excluding hydrogens is 443 g/mol. The highest BCUT2D eigenvalue weighted by Crippen LogP contribution is 2.16. The number of aliphatic imine (C=N–C) groups is 1. The van der Waals surface area contributed by atoms with Crippen LogP contribution < -0.4 is 10.6 Å². The van der Waals surface area contributed by atoms with Gasteiger partial charge in [0.25, 0.3) is 0 Å². The predicted octanol–water partition coefficient (Wildman–Crippen LogP) is 4.24. The Labute approximate surface area is 172 Å². The number of nitrogens with zero attached hydrogens (tertiary/aromatic N) is 2. The van der Waals surface area contributed by atoms with Crippen molar-refractivity contribution in [1.29, 1.82) is 0 Å². The van der Waals surface area contributed by atoms with Gasteiger partial charge >= 0.3 is 0 Å². The fourth-order valence-electron chi connectivity index (χ4n) is 2.50. The molecule has 0 amide bonds. The van der Waals surface area contributed by atoms with Gasteiger partial charge in [0, 0.05) is 24.4 Å². The average Bonchev–Trinajstić information content (AvgIpc) is 2.91. The van der Waals surface area contributed by atoms with Crippen molar-refractivity contribution in [1.82, 2.24) is 15.6 Å². The molecule has 2 aromatic rings. The Morgan fingerprint density at radius 3 is 2.44 bits per heavy atom. The zero-order chi connectivity index (χ0) is 17.4. The largest absolute Gasteiger partial charge is 0.357 e. The Morgan fingerprint density at radius 1 is 1.12 bits per heavy atom. The average molecular weight is 472 g/mol. The number of hydrogen-bond acceptors (Lipinski definition) is 3. The Hall–Kier alpha value is -1.15.